The Hall–Kier alpha value is -1.96. The molecule has 0 aliphatic rings. The molecule has 0 fully saturated rings. The number of hydrogen-bond donors (Lipinski definition) is 1. The minimum Gasteiger partial charge on any atom is -0.269 e. The SMILES string of the molecule is CCn1ncc(S(=O)(=O)Nc2nc(C)cc(C)n2)c1C. The van der Waals surface area contributed by atoms with Gasteiger partial charge in [-0.1, -0.05) is 0 Å². The molecule has 108 valence electrons. The predicted octanol–water partition coefficient (Wildman–Crippen LogP) is 1.42. The smallest absolute Gasteiger partial charge is 0.267 e. The first-order valence-electron chi connectivity index (χ1n) is 6.21. The second-order valence-electron chi connectivity index (χ2n) is 4.49. The van der Waals surface area contributed by atoms with Crippen LogP contribution in [0.1, 0.15) is 24.0 Å². The van der Waals surface area contributed by atoms with Gasteiger partial charge in [0, 0.05) is 17.9 Å². The number of anilines is 1. The van der Waals surface area contributed by atoms with Gasteiger partial charge in [0.05, 0.1) is 11.9 Å². The van der Waals surface area contributed by atoms with Crippen LogP contribution in [0.3, 0.4) is 0 Å². The van der Waals surface area contributed by atoms with Crippen molar-refractivity contribution >= 4 is 16.0 Å². The van der Waals surface area contributed by atoms with Crippen molar-refractivity contribution in [1.29, 1.82) is 0 Å². The van der Waals surface area contributed by atoms with Crippen molar-refractivity contribution in [2.75, 3.05) is 4.72 Å². The van der Waals surface area contributed by atoms with Crippen LogP contribution in [-0.4, -0.2) is 28.2 Å². The van der Waals surface area contributed by atoms with E-state index in [-0.39, 0.29) is 10.8 Å². The summed E-state index contributed by atoms with van der Waals surface area (Å²) in [7, 11) is -3.73. The van der Waals surface area contributed by atoms with E-state index in [1.54, 1.807) is 31.5 Å². The van der Waals surface area contributed by atoms with Crippen LogP contribution < -0.4 is 4.72 Å². The van der Waals surface area contributed by atoms with Crippen LogP contribution in [0, 0.1) is 20.8 Å². The Labute approximate surface area is 118 Å². The predicted molar refractivity (Wildman–Crippen MR) is 75.0 cm³/mol. The van der Waals surface area contributed by atoms with E-state index in [1.807, 2.05) is 6.92 Å². The maximum Gasteiger partial charge on any atom is 0.267 e. The Bertz CT molecular complexity index is 716. The first kappa shape index (κ1) is 14.4. The number of nitrogens with one attached hydrogen (secondary N) is 1. The molecule has 0 saturated heterocycles. The third-order valence-corrected chi connectivity index (χ3v) is 4.29. The van der Waals surface area contributed by atoms with Crippen LogP contribution in [0.25, 0.3) is 0 Å². The summed E-state index contributed by atoms with van der Waals surface area (Å²) in [6, 6.07) is 1.78. The molecule has 0 saturated carbocycles. The number of hydrogen-bond acceptors (Lipinski definition) is 5. The zero-order valence-corrected chi connectivity index (χ0v) is 12.7. The van der Waals surface area contributed by atoms with Gasteiger partial charge in [0.15, 0.2) is 0 Å². The monoisotopic (exact) mass is 295 g/mol. The van der Waals surface area contributed by atoms with Crippen molar-refractivity contribution in [3.63, 3.8) is 0 Å². The van der Waals surface area contributed by atoms with Gasteiger partial charge in [-0.2, -0.15) is 5.10 Å². The largest absolute Gasteiger partial charge is 0.269 e. The molecule has 0 unspecified atom stereocenters. The highest BCUT2D eigenvalue weighted by Gasteiger charge is 2.21. The van der Waals surface area contributed by atoms with E-state index in [2.05, 4.69) is 19.8 Å². The standard InChI is InChI=1S/C12H17N5O2S/c1-5-17-10(4)11(7-13-17)20(18,19)16-12-14-8(2)6-9(3)15-12/h6-7H,5H2,1-4H3,(H,14,15,16). The molecule has 0 aliphatic carbocycles. The molecule has 0 spiro atoms. The molecule has 0 atom stereocenters. The highest BCUT2D eigenvalue weighted by Crippen LogP contribution is 2.17. The van der Waals surface area contributed by atoms with Gasteiger partial charge < -0.3 is 0 Å². The fourth-order valence-corrected chi connectivity index (χ4v) is 3.08. The molecule has 7 nitrogen and oxygen atoms in total. The number of nitrogens with zero attached hydrogens (tertiary/aromatic N) is 4. The van der Waals surface area contributed by atoms with E-state index >= 15 is 0 Å². The van der Waals surface area contributed by atoms with Crippen molar-refractivity contribution in [2.45, 2.75) is 39.1 Å². The van der Waals surface area contributed by atoms with Gasteiger partial charge >= 0.3 is 0 Å². The molecule has 2 aromatic rings. The Morgan fingerprint density at radius 3 is 2.30 bits per heavy atom. The average molecular weight is 295 g/mol. The summed E-state index contributed by atoms with van der Waals surface area (Å²) >= 11 is 0. The topological polar surface area (TPSA) is 89.8 Å². The normalized spacial score (nSPS) is 11.6. The molecule has 0 amide bonds. The number of sulfonamides is 1. The molecule has 0 aromatic carbocycles. The van der Waals surface area contributed by atoms with Gasteiger partial charge in [0.2, 0.25) is 5.95 Å². The quantitative estimate of drug-likeness (QED) is 0.921. The lowest BCUT2D eigenvalue weighted by molar-refractivity contribution is 0.598. The Morgan fingerprint density at radius 1 is 1.20 bits per heavy atom. The lowest BCUT2D eigenvalue weighted by Gasteiger charge is -2.07. The van der Waals surface area contributed by atoms with Gasteiger partial charge in [0.1, 0.15) is 4.90 Å². The molecule has 20 heavy (non-hydrogen) atoms. The van der Waals surface area contributed by atoms with Crippen molar-refractivity contribution in [2.24, 2.45) is 0 Å². The fourth-order valence-electron chi connectivity index (χ4n) is 1.96. The summed E-state index contributed by atoms with van der Waals surface area (Å²) in [5.41, 5.74) is 2.00. The molecule has 2 aromatic heterocycles. The van der Waals surface area contributed by atoms with Crippen molar-refractivity contribution < 1.29 is 8.42 Å². The van der Waals surface area contributed by atoms with Gasteiger partial charge in [-0.05, 0) is 33.8 Å². The second kappa shape index (κ2) is 5.20. The highest BCUT2D eigenvalue weighted by atomic mass is 32.2. The van der Waals surface area contributed by atoms with Gasteiger partial charge in [-0.25, -0.2) is 23.1 Å². The fraction of sp³-hybridized carbons (Fsp3) is 0.417. The van der Waals surface area contributed by atoms with Crippen LogP contribution in [0.4, 0.5) is 5.95 Å². The van der Waals surface area contributed by atoms with Gasteiger partial charge in [0.25, 0.3) is 10.0 Å². The molecule has 0 bridgehead atoms. The molecule has 0 radical (unpaired) electrons. The lowest BCUT2D eigenvalue weighted by atomic mass is 10.4. The molecule has 2 rings (SSSR count). The Morgan fingerprint density at radius 2 is 1.80 bits per heavy atom. The third kappa shape index (κ3) is 2.79. The minimum atomic E-state index is -3.73. The Balaban J connectivity index is 2.38. The van der Waals surface area contributed by atoms with E-state index in [4.69, 9.17) is 0 Å². The summed E-state index contributed by atoms with van der Waals surface area (Å²) in [5, 5.41) is 4.03. The number of rotatable bonds is 4. The summed E-state index contributed by atoms with van der Waals surface area (Å²) in [5.74, 6) is 0.0751. The van der Waals surface area contributed by atoms with Crippen molar-refractivity contribution in [3.8, 4) is 0 Å². The van der Waals surface area contributed by atoms with E-state index < -0.39 is 10.0 Å². The molecule has 0 aliphatic heterocycles. The van der Waals surface area contributed by atoms with Crippen molar-refractivity contribution in [3.05, 3.63) is 29.3 Å². The van der Waals surface area contributed by atoms with Crippen LogP contribution in [0.5, 0.6) is 0 Å². The second-order valence-corrected chi connectivity index (χ2v) is 6.14. The van der Waals surface area contributed by atoms with Crippen LogP contribution >= 0.6 is 0 Å². The molecular formula is C12H17N5O2S. The van der Waals surface area contributed by atoms with E-state index in [0.717, 1.165) is 0 Å². The molecule has 2 heterocycles. The van der Waals surface area contributed by atoms with Gasteiger partial charge in [-0.3, -0.25) is 4.68 Å². The van der Waals surface area contributed by atoms with Gasteiger partial charge in [-0.15, -0.1) is 0 Å². The number of aryl methyl sites for hydroxylation is 3. The first-order chi connectivity index (χ1) is 9.33. The summed E-state index contributed by atoms with van der Waals surface area (Å²) < 4.78 is 28.7. The van der Waals surface area contributed by atoms with E-state index in [1.165, 1.54) is 6.20 Å². The molecular weight excluding hydrogens is 278 g/mol. The zero-order chi connectivity index (χ0) is 14.9. The molecule has 8 heteroatoms. The summed E-state index contributed by atoms with van der Waals surface area (Å²) in [6.07, 6.45) is 1.34. The maximum atomic E-state index is 12.3. The van der Waals surface area contributed by atoms with Crippen LogP contribution in [-0.2, 0) is 16.6 Å². The summed E-state index contributed by atoms with van der Waals surface area (Å²) in [4.78, 5) is 8.29. The average Bonchev–Trinajstić information content (AvgIpc) is 2.68. The van der Waals surface area contributed by atoms with Crippen LogP contribution in [0.15, 0.2) is 17.2 Å². The lowest BCUT2D eigenvalue weighted by Crippen LogP contribution is -2.16. The third-order valence-electron chi connectivity index (χ3n) is 2.86. The number of aromatic nitrogens is 4. The maximum absolute atomic E-state index is 12.3. The summed E-state index contributed by atoms with van der Waals surface area (Å²) in [6.45, 7) is 7.80. The first-order valence-corrected chi connectivity index (χ1v) is 7.69. The van der Waals surface area contributed by atoms with Crippen molar-refractivity contribution in [1.82, 2.24) is 19.7 Å². The minimum absolute atomic E-state index is 0.0751. The van der Waals surface area contributed by atoms with E-state index in [0.29, 0.717) is 23.6 Å². The Kier molecular flexibility index (Phi) is 3.76. The highest BCUT2D eigenvalue weighted by molar-refractivity contribution is 7.92. The van der Waals surface area contributed by atoms with Crippen LogP contribution in [0.2, 0.25) is 0 Å². The molecule has 1 N–H and O–H groups in total. The zero-order valence-electron chi connectivity index (χ0n) is 11.9. The van der Waals surface area contributed by atoms with E-state index in [9.17, 15) is 8.42 Å².